The zero-order valence-corrected chi connectivity index (χ0v) is 13.5. The van der Waals surface area contributed by atoms with E-state index in [-0.39, 0.29) is 9.90 Å². The quantitative estimate of drug-likeness (QED) is 0.863. The average Bonchev–Trinajstić information content (AvgIpc) is 2.89. The highest BCUT2D eigenvalue weighted by Gasteiger charge is 2.17. The highest BCUT2D eigenvalue weighted by molar-refractivity contribution is 7.20. The number of hydrogen-bond donors (Lipinski definition) is 1. The number of thiophene rings is 1. The molecule has 9 heteroatoms. The lowest BCUT2D eigenvalue weighted by Crippen LogP contribution is -2.22. The number of carbonyl (C=O) groups excluding carboxylic acids is 2. The van der Waals surface area contributed by atoms with Gasteiger partial charge in [-0.2, -0.15) is 5.10 Å². The van der Waals surface area contributed by atoms with Crippen molar-refractivity contribution in [3.05, 3.63) is 32.1 Å². The van der Waals surface area contributed by atoms with E-state index in [2.05, 4.69) is 10.4 Å². The summed E-state index contributed by atoms with van der Waals surface area (Å²) in [6.07, 6.45) is 0. The highest BCUT2D eigenvalue weighted by atomic mass is 35.5. The summed E-state index contributed by atoms with van der Waals surface area (Å²) in [5, 5.41) is 6.67. The van der Waals surface area contributed by atoms with Crippen LogP contribution in [-0.2, 0) is 16.6 Å². The summed E-state index contributed by atoms with van der Waals surface area (Å²) < 4.78 is 7.01. The van der Waals surface area contributed by atoms with Crippen molar-refractivity contribution in [3.63, 3.8) is 0 Å². The number of aryl methyl sites for hydroxylation is 2. The van der Waals surface area contributed by atoms with E-state index in [1.165, 1.54) is 10.7 Å². The smallest absolute Gasteiger partial charge is 0.341 e. The van der Waals surface area contributed by atoms with Crippen LogP contribution in [0, 0.1) is 6.92 Å². The number of nitrogens with zero attached hydrogens (tertiary/aromatic N) is 2. The SMILES string of the molecule is Cc1cc(NC(=O)COC(=O)c2cc(Cl)sc2Cl)n(C)n1. The Morgan fingerprint density at radius 1 is 1.43 bits per heavy atom. The molecule has 112 valence electrons. The van der Waals surface area contributed by atoms with Gasteiger partial charge < -0.3 is 10.1 Å². The first-order valence-electron chi connectivity index (χ1n) is 5.79. The fourth-order valence-electron chi connectivity index (χ4n) is 1.59. The first-order chi connectivity index (χ1) is 9.86. The third kappa shape index (κ3) is 3.96. The van der Waals surface area contributed by atoms with Crippen molar-refractivity contribution >= 4 is 52.2 Å². The molecule has 6 nitrogen and oxygen atoms in total. The number of ether oxygens (including phenoxy) is 1. The van der Waals surface area contributed by atoms with Gasteiger partial charge in [-0.3, -0.25) is 9.48 Å². The van der Waals surface area contributed by atoms with E-state index >= 15 is 0 Å². The maximum atomic E-state index is 11.8. The van der Waals surface area contributed by atoms with Crippen molar-refractivity contribution in [2.75, 3.05) is 11.9 Å². The molecule has 21 heavy (non-hydrogen) atoms. The molecular weight excluding hydrogens is 337 g/mol. The molecular formula is C12H11Cl2N3O3S. The van der Waals surface area contributed by atoms with Gasteiger partial charge in [-0.15, -0.1) is 11.3 Å². The van der Waals surface area contributed by atoms with Gasteiger partial charge in [0, 0.05) is 13.1 Å². The molecule has 0 fully saturated rings. The van der Waals surface area contributed by atoms with Crippen LogP contribution >= 0.6 is 34.5 Å². The number of aromatic nitrogens is 2. The van der Waals surface area contributed by atoms with Crippen molar-refractivity contribution in [1.82, 2.24) is 9.78 Å². The molecule has 0 aliphatic carbocycles. The van der Waals surface area contributed by atoms with Crippen molar-refractivity contribution < 1.29 is 14.3 Å². The van der Waals surface area contributed by atoms with Crippen LogP contribution in [0.15, 0.2) is 12.1 Å². The zero-order valence-electron chi connectivity index (χ0n) is 11.1. The molecule has 0 atom stereocenters. The van der Waals surface area contributed by atoms with Gasteiger partial charge in [-0.1, -0.05) is 23.2 Å². The van der Waals surface area contributed by atoms with Crippen molar-refractivity contribution in [2.24, 2.45) is 7.05 Å². The van der Waals surface area contributed by atoms with Crippen molar-refractivity contribution in [2.45, 2.75) is 6.92 Å². The molecule has 1 amide bonds. The lowest BCUT2D eigenvalue weighted by Gasteiger charge is -2.06. The minimum absolute atomic E-state index is 0.149. The molecule has 0 saturated carbocycles. The van der Waals surface area contributed by atoms with Gasteiger partial charge in [-0.25, -0.2) is 4.79 Å². The van der Waals surface area contributed by atoms with Crippen LogP contribution < -0.4 is 5.32 Å². The molecule has 2 heterocycles. The Hall–Kier alpha value is -1.57. The van der Waals surface area contributed by atoms with E-state index in [1.54, 1.807) is 20.0 Å². The van der Waals surface area contributed by atoms with E-state index in [1.807, 2.05) is 0 Å². The van der Waals surface area contributed by atoms with Crippen molar-refractivity contribution in [3.8, 4) is 0 Å². The van der Waals surface area contributed by atoms with Crippen molar-refractivity contribution in [1.29, 1.82) is 0 Å². The van der Waals surface area contributed by atoms with Crippen LogP contribution in [0.4, 0.5) is 5.82 Å². The maximum absolute atomic E-state index is 11.8. The Labute approximate surface area is 134 Å². The normalized spacial score (nSPS) is 10.5. The van der Waals surface area contributed by atoms with Gasteiger partial charge in [0.2, 0.25) is 0 Å². The Morgan fingerprint density at radius 3 is 2.67 bits per heavy atom. The molecule has 0 radical (unpaired) electrons. The number of amides is 1. The highest BCUT2D eigenvalue weighted by Crippen LogP contribution is 2.31. The number of halogens is 2. The summed E-state index contributed by atoms with van der Waals surface area (Å²) in [5.41, 5.74) is 0.917. The standard InChI is InChI=1S/C12H11Cl2N3O3S/c1-6-3-9(17(2)16-6)15-10(18)5-20-12(19)7-4-8(13)21-11(7)14/h3-4H,5H2,1-2H3,(H,15,18). The topological polar surface area (TPSA) is 73.2 Å². The Bertz CT molecular complexity index is 696. The van der Waals surface area contributed by atoms with E-state index in [9.17, 15) is 9.59 Å². The van der Waals surface area contributed by atoms with Crippen LogP contribution in [-0.4, -0.2) is 28.3 Å². The third-order valence-electron chi connectivity index (χ3n) is 2.48. The lowest BCUT2D eigenvalue weighted by molar-refractivity contribution is -0.119. The van der Waals surface area contributed by atoms with Crippen LogP contribution in [0.5, 0.6) is 0 Å². The summed E-state index contributed by atoms with van der Waals surface area (Å²) in [4.78, 5) is 23.5. The minimum Gasteiger partial charge on any atom is -0.452 e. The Morgan fingerprint density at radius 2 is 2.14 bits per heavy atom. The van der Waals surface area contributed by atoms with Gasteiger partial charge >= 0.3 is 5.97 Å². The fourth-order valence-corrected chi connectivity index (χ4v) is 3.04. The maximum Gasteiger partial charge on any atom is 0.341 e. The molecule has 0 saturated heterocycles. The summed E-state index contributed by atoms with van der Waals surface area (Å²) in [7, 11) is 1.70. The molecule has 0 unspecified atom stereocenters. The van der Waals surface area contributed by atoms with Gasteiger partial charge in [-0.05, 0) is 13.0 Å². The van der Waals surface area contributed by atoms with Crippen LogP contribution in [0.1, 0.15) is 16.1 Å². The van der Waals surface area contributed by atoms with E-state index in [4.69, 9.17) is 27.9 Å². The number of esters is 1. The molecule has 2 aromatic heterocycles. The Balaban J connectivity index is 1.91. The number of carbonyl (C=O) groups is 2. The molecule has 2 aromatic rings. The van der Waals surface area contributed by atoms with E-state index in [0.29, 0.717) is 10.2 Å². The molecule has 0 aromatic carbocycles. The minimum atomic E-state index is -0.695. The second kappa shape index (κ2) is 6.46. The predicted molar refractivity (Wildman–Crippen MR) is 81.2 cm³/mol. The van der Waals surface area contributed by atoms with Crippen LogP contribution in [0.25, 0.3) is 0 Å². The summed E-state index contributed by atoms with van der Waals surface area (Å²) in [6.45, 7) is 1.38. The number of rotatable bonds is 4. The first kappa shape index (κ1) is 15.8. The molecule has 1 N–H and O–H groups in total. The van der Waals surface area contributed by atoms with E-state index in [0.717, 1.165) is 17.0 Å². The third-order valence-corrected chi connectivity index (χ3v) is 3.97. The predicted octanol–water partition coefficient (Wildman–Crippen LogP) is 2.89. The molecule has 0 aliphatic heterocycles. The summed E-state index contributed by atoms with van der Waals surface area (Å²) in [5.74, 6) is -0.645. The molecule has 2 rings (SSSR count). The monoisotopic (exact) mass is 347 g/mol. The van der Waals surface area contributed by atoms with E-state index < -0.39 is 18.5 Å². The average molecular weight is 348 g/mol. The Kier molecular flexibility index (Phi) is 4.87. The second-order valence-electron chi connectivity index (χ2n) is 4.16. The molecule has 0 spiro atoms. The molecule has 0 bridgehead atoms. The zero-order chi connectivity index (χ0) is 15.6. The van der Waals surface area contributed by atoms with Gasteiger partial charge in [0.25, 0.3) is 5.91 Å². The van der Waals surface area contributed by atoms with Crippen LogP contribution in [0.3, 0.4) is 0 Å². The number of nitrogens with one attached hydrogen (secondary N) is 1. The van der Waals surface area contributed by atoms with Gasteiger partial charge in [0.1, 0.15) is 10.2 Å². The second-order valence-corrected chi connectivity index (χ2v) is 6.44. The summed E-state index contributed by atoms with van der Waals surface area (Å²) >= 11 is 12.6. The number of hydrogen-bond acceptors (Lipinski definition) is 5. The van der Waals surface area contributed by atoms with Gasteiger partial charge in [0.15, 0.2) is 6.61 Å². The van der Waals surface area contributed by atoms with Crippen LogP contribution in [0.2, 0.25) is 8.67 Å². The fraction of sp³-hybridized carbons (Fsp3) is 0.250. The number of anilines is 1. The summed E-state index contributed by atoms with van der Waals surface area (Å²) in [6, 6.07) is 3.11. The van der Waals surface area contributed by atoms with Gasteiger partial charge in [0.05, 0.1) is 15.6 Å². The first-order valence-corrected chi connectivity index (χ1v) is 7.36. The lowest BCUT2D eigenvalue weighted by atomic mass is 10.3. The largest absolute Gasteiger partial charge is 0.452 e. The molecule has 0 aliphatic rings.